The fourth-order valence-corrected chi connectivity index (χ4v) is 2.98. The lowest BCUT2D eigenvalue weighted by Crippen LogP contribution is -2.40. The molecule has 108 valence electrons. The lowest BCUT2D eigenvalue weighted by atomic mass is 10.1. The molecule has 2 atom stereocenters. The predicted octanol–water partition coefficient (Wildman–Crippen LogP) is 3.81. The van der Waals surface area contributed by atoms with Crippen molar-refractivity contribution in [3.05, 3.63) is 0 Å². The molecule has 0 aromatic carbocycles. The van der Waals surface area contributed by atoms with Crippen molar-refractivity contribution in [2.24, 2.45) is 0 Å². The normalized spacial score (nSPS) is 26.2. The van der Waals surface area contributed by atoms with Gasteiger partial charge >= 0.3 is 0 Å². The third kappa shape index (κ3) is 6.19. The average molecular weight is 254 g/mol. The topological polar surface area (TPSA) is 15.3 Å². The highest BCUT2D eigenvalue weighted by atomic mass is 15.2. The van der Waals surface area contributed by atoms with Crippen molar-refractivity contribution in [3.63, 3.8) is 0 Å². The van der Waals surface area contributed by atoms with Crippen LogP contribution in [0.5, 0.6) is 0 Å². The quantitative estimate of drug-likeness (QED) is 0.663. The molecule has 2 unspecified atom stereocenters. The van der Waals surface area contributed by atoms with E-state index in [4.69, 9.17) is 0 Å². The summed E-state index contributed by atoms with van der Waals surface area (Å²) in [5, 5.41) is 3.71. The summed E-state index contributed by atoms with van der Waals surface area (Å²) in [6, 6.07) is 1.50. The fourth-order valence-electron chi connectivity index (χ4n) is 2.98. The van der Waals surface area contributed by atoms with Gasteiger partial charge in [-0.3, -0.25) is 4.90 Å². The Balaban J connectivity index is 2.25. The van der Waals surface area contributed by atoms with Crippen LogP contribution in [0.2, 0.25) is 0 Å². The summed E-state index contributed by atoms with van der Waals surface area (Å²) in [6.45, 7) is 10.8. The van der Waals surface area contributed by atoms with Gasteiger partial charge < -0.3 is 5.32 Å². The van der Waals surface area contributed by atoms with E-state index in [1.54, 1.807) is 0 Å². The lowest BCUT2D eigenvalue weighted by Gasteiger charge is -2.29. The van der Waals surface area contributed by atoms with Crippen LogP contribution in [0.15, 0.2) is 0 Å². The third-order valence-electron chi connectivity index (χ3n) is 4.26. The SMILES string of the molecule is CCCCCCCN1CC(CCC)NCCC1C. The number of nitrogens with one attached hydrogen (secondary N) is 1. The molecule has 1 aliphatic rings. The van der Waals surface area contributed by atoms with Crippen LogP contribution in [0.4, 0.5) is 0 Å². The second kappa shape index (κ2) is 9.80. The average Bonchev–Trinajstić information content (AvgIpc) is 2.52. The minimum absolute atomic E-state index is 0.732. The molecular weight excluding hydrogens is 220 g/mol. The van der Waals surface area contributed by atoms with Gasteiger partial charge in [-0.15, -0.1) is 0 Å². The van der Waals surface area contributed by atoms with E-state index in [-0.39, 0.29) is 0 Å². The van der Waals surface area contributed by atoms with Crippen LogP contribution in [-0.4, -0.2) is 36.6 Å². The summed E-state index contributed by atoms with van der Waals surface area (Å²) in [5.74, 6) is 0. The summed E-state index contributed by atoms with van der Waals surface area (Å²) < 4.78 is 0. The molecule has 1 rings (SSSR count). The van der Waals surface area contributed by atoms with Gasteiger partial charge in [-0.05, 0) is 39.3 Å². The molecule has 1 heterocycles. The Morgan fingerprint density at radius 3 is 2.56 bits per heavy atom. The Bertz CT molecular complexity index is 194. The zero-order chi connectivity index (χ0) is 13.2. The van der Waals surface area contributed by atoms with Gasteiger partial charge in [-0.1, -0.05) is 46.0 Å². The van der Waals surface area contributed by atoms with Crippen molar-refractivity contribution in [1.82, 2.24) is 10.2 Å². The minimum Gasteiger partial charge on any atom is -0.313 e. The van der Waals surface area contributed by atoms with Crippen LogP contribution in [0.1, 0.15) is 72.1 Å². The van der Waals surface area contributed by atoms with Gasteiger partial charge in [-0.2, -0.15) is 0 Å². The van der Waals surface area contributed by atoms with Crippen molar-refractivity contribution < 1.29 is 0 Å². The first-order chi connectivity index (χ1) is 8.77. The Kier molecular flexibility index (Phi) is 8.70. The summed E-state index contributed by atoms with van der Waals surface area (Å²) in [5.41, 5.74) is 0. The first-order valence-corrected chi connectivity index (χ1v) is 8.25. The molecule has 0 radical (unpaired) electrons. The smallest absolute Gasteiger partial charge is 0.0195 e. The molecule has 1 aliphatic heterocycles. The van der Waals surface area contributed by atoms with Crippen LogP contribution >= 0.6 is 0 Å². The number of nitrogens with zero attached hydrogens (tertiary/aromatic N) is 1. The zero-order valence-corrected chi connectivity index (χ0v) is 12.9. The molecule has 0 amide bonds. The Morgan fingerprint density at radius 1 is 1.06 bits per heavy atom. The maximum absolute atomic E-state index is 3.71. The van der Waals surface area contributed by atoms with E-state index in [0.717, 1.165) is 12.1 Å². The molecule has 2 heteroatoms. The van der Waals surface area contributed by atoms with Gasteiger partial charge in [0.25, 0.3) is 0 Å². The maximum atomic E-state index is 3.71. The van der Waals surface area contributed by atoms with Gasteiger partial charge in [-0.25, -0.2) is 0 Å². The second-order valence-electron chi connectivity index (χ2n) is 5.99. The molecule has 2 nitrogen and oxygen atoms in total. The van der Waals surface area contributed by atoms with Crippen LogP contribution in [0, 0.1) is 0 Å². The lowest BCUT2D eigenvalue weighted by molar-refractivity contribution is 0.197. The van der Waals surface area contributed by atoms with Gasteiger partial charge in [0, 0.05) is 18.6 Å². The molecule has 1 fully saturated rings. The van der Waals surface area contributed by atoms with Crippen molar-refractivity contribution in [1.29, 1.82) is 0 Å². The molecule has 0 aromatic heterocycles. The Morgan fingerprint density at radius 2 is 1.83 bits per heavy atom. The zero-order valence-electron chi connectivity index (χ0n) is 12.9. The molecule has 0 aromatic rings. The van der Waals surface area contributed by atoms with Gasteiger partial charge in [0.2, 0.25) is 0 Å². The van der Waals surface area contributed by atoms with Crippen LogP contribution < -0.4 is 5.32 Å². The highest BCUT2D eigenvalue weighted by molar-refractivity contribution is 4.80. The van der Waals surface area contributed by atoms with Crippen LogP contribution in [0.25, 0.3) is 0 Å². The van der Waals surface area contributed by atoms with E-state index in [0.29, 0.717) is 0 Å². The number of rotatable bonds is 8. The summed E-state index contributed by atoms with van der Waals surface area (Å²) in [7, 11) is 0. The van der Waals surface area contributed by atoms with Crippen LogP contribution in [-0.2, 0) is 0 Å². The number of hydrogen-bond acceptors (Lipinski definition) is 2. The van der Waals surface area contributed by atoms with Crippen molar-refractivity contribution >= 4 is 0 Å². The Labute approximate surface area is 115 Å². The molecule has 1 saturated heterocycles. The standard InChI is InChI=1S/C16H34N2/c1-4-6-7-8-9-13-18-14-16(10-5-2)17-12-11-15(18)3/h15-17H,4-14H2,1-3H3. The van der Waals surface area contributed by atoms with Crippen molar-refractivity contribution in [2.75, 3.05) is 19.6 Å². The van der Waals surface area contributed by atoms with Crippen molar-refractivity contribution in [2.45, 2.75) is 84.2 Å². The predicted molar refractivity (Wildman–Crippen MR) is 81.1 cm³/mol. The van der Waals surface area contributed by atoms with Crippen LogP contribution in [0.3, 0.4) is 0 Å². The molecule has 0 bridgehead atoms. The molecule has 18 heavy (non-hydrogen) atoms. The third-order valence-corrected chi connectivity index (χ3v) is 4.26. The first-order valence-electron chi connectivity index (χ1n) is 8.25. The summed E-state index contributed by atoms with van der Waals surface area (Å²) in [4.78, 5) is 2.73. The molecular formula is C16H34N2. The van der Waals surface area contributed by atoms with E-state index in [2.05, 4.69) is 31.0 Å². The molecule has 1 N–H and O–H groups in total. The molecule has 0 aliphatic carbocycles. The summed E-state index contributed by atoms with van der Waals surface area (Å²) in [6.07, 6.45) is 10.9. The number of unbranched alkanes of at least 4 members (excludes halogenated alkanes) is 4. The van der Waals surface area contributed by atoms with E-state index in [9.17, 15) is 0 Å². The fraction of sp³-hybridized carbons (Fsp3) is 1.00. The minimum atomic E-state index is 0.732. The Hall–Kier alpha value is -0.0800. The second-order valence-corrected chi connectivity index (χ2v) is 5.99. The first kappa shape index (κ1) is 16.0. The van der Waals surface area contributed by atoms with E-state index >= 15 is 0 Å². The highest BCUT2D eigenvalue weighted by Crippen LogP contribution is 2.13. The largest absolute Gasteiger partial charge is 0.313 e. The maximum Gasteiger partial charge on any atom is 0.0195 e. The van der Waals surface area contributed by atoms with E-state index in [1.165, 1.54) is 71.0 Å². The van der Waals surface area contributed by atoms with Gasteiger partial charge in [0.1, 0.15) is 0 Å². The number of hydrogen-bond donors (Lipinski definition) is 1. The van der Waals surface area contributed by atoms with Gasteiger partial charge in [0.15, 0.2) is 0 Å². The highest BCUT2D eigenvalue weighted by Gasteiger charge is 2.21. The molecule has 0 saturated carbocycles. The van der Waals surface area contributed by atoms with E-state index in [1.807, 2.05) is 0 Å². The summed E-state index contributed by atoms with van der Waals surface area (Å²) >= 11 is 0. The molecule has 0 spiro atoms. The van der Waals surface area contributed by atoms with Crippen molar-refractivity contribution in [3.8, 4) is 0 Å². The van der Waals surface area contributed by atoms with E-state index < -0.39 is 0 Å². The van der Waals surface area contributed by atoms with Gasteiger partial charge in [0.05, 0.1) is 0 Å². The monoisotopic (exact) mass is 254 g/mol.